The molecule has 2 atom stereocenters. The summed E-state index contributed by atoms with van der Waals surface area (Å²) in [7, 11) is 0. The fraction of sp³-hybridized carbons (Fsp3) is 0.538. The van der Waals surface area contributed by atoms with E-state index in [0.29, 0.717) is 12.0 Å². The van der Waals surface area contributed by atoms with Gasteiger partial charge in [-0.2, -0.15) is 0 Å². The molecule has 0 bridgehead atoms. The first-order chi connectivity index (χ1) is 8.37. The number of alkyl halides is 2. The molecule has 18 heavy (non-hydrogen) atoms. The summed E-state index contributed by atoms with van der Waals surface area (Å²) in [6, 6.07) is 4.03. The van der Waals surface area contributed by atoms with Crippen LogP contribution in [0.2, 0.25) is 5.02 Å². The second kappa shape index (κ2) is 5.10. The van der Waals surface area contributed by atoms with Crippen molar-refractivity contribution < 1.29 is 18.3 Å². The predicted octanol–water partition coefficient (Wildman–Crippen LogP) is 4.34. The van der Waals surface area contributed by atoms with E-state index in [9.17, 15) is 18.3 Å². The van der Waals surface area contributed by atoms with Gasteiger partial charge in [0.2, 0.25) is 5.92 Å². The van der Waals surface area contributed by atoms with Crippen molar-refractivity contribution in [1.82, 2.24) is 0 Å². The van der Waals surface area contributed by atoms with Gasteiger partial charge in [-0.3, -0.25) is 0 Å². The largest absolute Gasteiger partial charge is 0.388 e. The molecule has 0 radical (unpaired) electrons. The van der Waals surface area contributed by atoms with E-state index < -0.39 is 17.8 Å². The van der Waals surface area contributed by atoms with Crippen molar-refractivity contribution in [3.8, 4) is 0 Å². The highest BCUT2D eigenvalue weighted by Crippen LogP contribution is 2.42. The first kappa shape index (κ1) is 13.7. The molecular formula is C13H14ClF3O. The third kappa shape index (κ3) is 3.18. The lowest BCUT2D eigenvalue weighted by atomic mass is 9.95. The second-order valence-corrected chi connectivity index (χ2v) is 5.30. The summed E-state index contributed by atoms with van der Waals surface area (Å²) >= 11 is 5.54. The molecule has 1 aliphatic rings. The van der Waals surface area contributed by atoms with Crippen LogP contribution in [0.5, 0.6) is 0 Å². The lowest BCUT2D eigenvalue weighted by molar-refractivity contribution is 0.00254. The van der Waals surface area contributed by atoms with Gasteiger partial charge in [-0.1, -0.05) is 17.7 Å². The van der Waals surface area contributed by atoms with Gasteiger partial charge in [0.05, 0.1) is 11.1 Å². The third-order valence-electron chi connectivity index (χ3n) is 3.39. The van der Waals surface area contributed by atoms with E-state index in [-0.39, 0.29) is 30.2 Å². The van der Waals surface area contributed by atoms with Crippen molar-refractivity contribution in [2.24, 2.45) is 5.92 Å². The Kier molecular flexibility index (Phi) is 3.87. The van der Waals surface area contributed by atoms with Gasteiger partial charge in [-0.25, -0.2) is 13.2 Å². The van der Waals surface area contributed by atoms with E-state index in [1.54, 1.807) is 0 Å². The SMILES string of the molecule is OC(CC1CCC(F)(F)C1)c1ccc(Cl)c(F)c1. The summed E-state index contributed by atoms with van der Waals surface area (Å²) in [5, 5.41) is 9.90. The van der Waals surface area contributed by atoms with E-state index in [4.69, 9.17) is 11.6 Å². The van der Waals surface area contributed by atoms with Crippen LogP contribution in [0, 0.1) is 11.7 Å². The average molecular weight is 279 g/mol. The lowest BCUT2D eigenvalue weighted by Gasteiger charge is -2.16. The third-order valence-corrected chi connectivity index (χ3v) is 3.70. The molecule has 0 amide bonds. The molecule has 1 aliphatic carbocycles. The highest BCUT2D eigenvalue weighted by Gasteiger charge is 2.39. The second-order valence-electron chi connectivity index (χ2n) is 4.89. The van der Waals surface area contributed by atoms with Crippen LogP contribution < -0.4 is 0 Å². The summed E-state index contributed by atoms with van der Waals surface area (Å²) in [6.07, 6.45) is -0.605. The van der Waals surface area contributed by atoms with Crippen molar-refractivity contribution in [3.63, 3.8) is 0 Å². The molecule has 1 N–H and O–H groups in total. The van der Waals surface area contributed by atoms with E-state index >= 15 is 0 Å². The molecule has 2 unspecified atom stereocenters. The zero-order valence-electron chi connectivity index (χ0n) is 9.67. The predicted molar refractivity (Wildman–Crippen MR) is 63.3 cm³/mol. The Bertz CT molecular complexity index is 436. The standard InChI is InChI=1S/C13H14ClF3O/c14-10-2-1-9(6-11(10)15)12(18)5-8-3-4-13(16,17)7-8/h1-2,6,8,12,18H,3-5,7H2. The Hall–Kier alpha value is -0.740. The average Bonchev–Trinajstić information content (AvgIpc) is 2.62. The number of rotatable bonds is 3. The zero-order valence-corrected chi connectivity index (χ0v) is 10.4. The fourth-order valence-corrected chi connectivity index (χ4v) is 2.53. The number of aliphatic hydroxyl groups excluding tert-OH is 1. The first-order valence-corrected chi connectivity index (χ1v) is 6.26. The number of aliphatic hydroxyl groups is 1. The molecule has 0 aromatic heterocycles. The molecule has 1 aromatic rings. The molecule has 0 saturated heterocycles. The molecule has 1 saturated carbocycles. The topological polar surface area (TPSA) is 20.2 Å². The summed E-state index contributed by atoms with van der Waals surface area (Å²) in [5.41, 5.74) is 0.382. The van der Waals surface area contributed by atoms with Gasteiger partial charge in [0.15, 0.2) is 0 Å². The van der Waals surface area contributed by atoms with E-state index in [2.05, 4.69) is 0 Å². The van der Waals surface area contributed by atoms with Gasteiger partial charge >= 0.3 is 0 Å². The maximum atomic E-state index is 13.2. The zero-order chi connectivity index (χ0) is 13.3. The van der Waals surface area contributed by atoms with Crippen LogP contribution in [-0.2, 0) is 0 Å². The van der Waals surface area contributed by atoms with Crippen molar-refractivity contribution in [3.05, 3.63) is 34.6 Å². The van der Waals surface area contributed by atoms with Crippen LogP contribution in [0.15, 0.2) is 18.2 Å². The number of benzene rings is 1. The number of hydrogen-bond donors (Lipinski definition) is 1. The van der Waals surface area contributed by atoms with Crippen LogP contribution in [0.4, 0.5) is 13.2 Å². The van der Waals surface area contributed by atoms with Crippen LogP contribution >= 0.6 is 11.6 Å². The minimum atomic E-state index is -2.62. The Morgan fingerprint density at radius 3 is 2.72 bits per heavy atom. The Labute approximate surface area is 109 Å². The van der Waals surface area contributed by atoms with Crippen molar-refractivity contribution in [2.45, 2.75) is 37.7 Å². The van der Waals surface area contributed by atoms with Crippen molar-refractivity contribution in [1.29, 1.82) is 0 Å². The molecule has 1 aromatic carbocycles. The summed E-state index contributed by atoms with van der Waals surface area (Å²) in [6.45, 7) is 0. The Balaban J connectivity index is 1.99. The first-order valence-electron chi connectivity index (χ1n) is 5.88. The van der Waals surface area contributed by atoms with Gasteiger partial charge in [0.25, 0.3) is 0 Å². The quantitative estimate of drug-likeness (QED) is 0.872. The summed E-state index contributed by atoms with van der Waals surface area (Å²) in [5.74, 6) is -3.44. The molecule has 2 rings (SSSR count). The van der Waals surface area contributed by atoms with Crippen LogP contribution in [0.25, 0.3) is 0 Å². The molecular weight excluding hydrogens is 265 g/mol. The normalized spacial score (nSPS) is 24.2. The minimum Gasteiger partial charge on any atom is -0.388 e. The van der Waals surface area contributed by atoms with Crippen LogP contribution in [0.3, 0.4) is 0 Å². The maximum absolute atomic E-state index is 13.2. The number of hydrogen-bond acceptors (Lipinski definition) is 1. The monoisotopic (exact) mass is 278 g/mol. The van der Waals surface area contributed by atoms with Crippen LogP contribution in [0.1, 0.15) is 37.4 Å². The highest BCUT2D eigenvalue weighted by molar-refractivity contribution is 6.30. The minimum absolute atomic E-state index is 0.0154. The molecule has 5 heteroatoms. The van der Waals surface area contributed by atoms with Gasteiger partial charge in [-0.15, -0.1) is 0 Å². The molecule has 1 fully saturated rings. The summed E-state index contributed by atoms with van der Waals surface area (Å²) in [4.78, 5) is 0. The Morgan fingerprint density at radius 2 is 2.17 bits per heavy atom. The van der Waals surface area contributed by atoms with Gasteiger partial charge in [0, 0.05) is 12.8 Å². The molecule has 100 valence electrons. The fourth-order valence-electron chi connectivity index (χ4n) is 2.41. The van der Waals surface area contributed by atoms with Gasteiger partial charge in [0.1, 0.15) is 5.82 Å². The molecule has 0 aliphatic heterocycles. The molecule has 0 spiro atoms. The molecule has 1 nitrogen and oxygen atoms in total. The van der Waals surface area contributed by atoms with Crippen molar-refractivity contribution >= 4 is 11.6 Å². The van der Waals surface area contributed by atoms with Gasteiger partial charge < -0.3 is 5.11 Å². The Morgan fingerprint density at radius 1 is 1.44 bits per heavy atom. The number of halogens is 4. The van der Waals surface area contributed by atoms with Gasteiger partial charge in [-0.05, 0) is 36.5 Å². The highest BCUT2D eigenvalue weighted by atomic mass is 35.5. The smallest absolute Gasteiger partial charge is 0.248 e. The van der Waals surface area contributed by atoms with Crippen molar-refractivity contribution in [2.75, 3.05) is 0 Å². The van der Waals surface area contributed by atoms with E-state index in [1.807, 2.05) is 0 Å². The van der Waals surface area contributed by atoms with E-state index in [1.165, 1.54) is 12.1 Å². The van der Waals surface area contributed by atoms with E-state index in [0.717, 1.165) is 6.07 Å². The summed E-state index contributed by atoms with van der Waals surface area (Å²) < 4.78 is 39.2. The van der Waals surface area contributed by atoms with Crippen LogP contribution in [-0.4, -0.2) is 11.0 Å². The molecule has 0 heterocycles. The lowest BCUT2D eigenvalue weighted by Crippen LogP contribution is -2.11. The maximum Gasteiger partial charge on any atom is 0.248 e.